The summed E-state index contributed by atoms with van der Waals surface area (Å²) in [5.74, 6) is 2.38. The third-order valence-corrected chi connectivity index (χ3v) is 3.92. The average Bonchev–Trinajstić information content (AvgIpc) is 2.65. The fourth-order valence-corrected chi connectivity index (χ4v) is 3.14. The fourth-order valence-electron chi connectivity index (χ4n) is 1.87. The molecule has 0 saturated carbocycles. The van der Waals surface area contributed by atoms with Gasteiger partial charge in [0.1, 0.15) is 11.4 Å². The van der Waals surface area contributed by atoms with Crippen LogP contribution in [0.1, 0.15) is 12.0 Å². The van der Waals surface area contributed by atoms with Gasteiger partial charge in [0.2, 0.25) is 0 Å². The number of benzene rings is 1. The lowest BCUT2D eigenvalue weighted by atomic mass is 9.96. The quantitative estimate of drug-likeness (QED) is 0.783. The number of methoxy groups -OCH3 is 1. The van der Waals surface area contributed by atoms with Crippen molar-refractivity contribution >= 4 is 11.8 Å². The molecule has 0 aromatic heterocycles. The van der Waals surface area contributed by atoms with Gasteiger partial charge in [0.05, 0.1) is 7.11 Å². The Balaban J connectivity index is 2.09. The standard InChI is InChI=1S/C12H15FOS/c1-14-11-4-2-3-10(7-11)8-12(13)5-6-15-9-12/h2-4,7H,5-6,8-9H2,1H3. The first kappa shape index (κ1) is 10.8. The Hall–Kier alpha value is -0.700. The first-order valence-electron chi connectivity index (χ1n) is 5.11. The van der Waals surface area contributed by atoms with Crippen LogP contribution in [0.15, 0.2) is 24.3 Å². The molecule has 0 aliphatic carbocycles. The Kier molecular flexibility index (Phi) is 3.19. The summed E-state index contributed by atoms with van der Waals surface area (Å²) in [6, 6.07) is 7.69. The van der Waals surface area contributed by atoms with Crippen molar-refractivity contribution in [3.8, 4) is 5.75 Å². The van der Waals surface area contributed by atoms with Crippen molar-refractivity contribution in [1.29, 1.82) is 0 Å². The molecule has 1 aliphatic heterocycles. The van der Waals surface area contributed by atoms with E-state index in [-0.39, 0.29) is 0 Å². The molecule has 0 amide bonds. The van der Waals surface area contributed by atoms with Gasteiger partial charge in [0.25, 0.3) is 0 Å². The van der Waals surface area contributed by atoms with E-state index in [0.717, 1.165) is 17.1 Å². The molecule has 1 heterocycles. The lowest BCUT2D eigenvalue weighted by Crippen LogP contribution is -2.24. The summed E-state index contributed by atoms with van der Waals surface area (Å²) >= 11 is 1.70. The van der Waals surface area contributed by atoms with Crippen LogP contribution in [0.25, 0.3) is 0 Å². The van der Waals surface area contributed by atoms with E-state index in [1.165, 1.54) is 0 Å². The van der Waals surface area contributed by atoms with Crippen molar-refractivity contribution < 1.29 is 9.13 Å². The summed E-state index contributed by atoms with van der Waals surface area (Å²) in [4.78, 5) is 0. The molecule has 82 valence electrons. The highest BCUT2D eigenvalue weighted by Crippen LogP contribution is 2.34. The van der Waals surface area contributed by atoms with Gasteiger partial charge in [0, 0.05) is 12.2 Å². The van der Waals surface area contributed by atoms with Crippen molar-refractivity contribution in [2.24, 2.45) is 0 Å². The number of hydrogen-bond donors (Lipinski definition) is 0. The maximum Gasteiger partial charge on any atom is 0.124 e. The van der Waals surface area contributed by atoms with E-state index in [1.807, 2.05) is 24.3 Å². The second-order valence-corrected chi connectivity index (χ2v) is 5.09. The Bertz CT molecular complexity index is 334. The molecule has 0 bridgehead atoms. The van der Waals surface area contributed by atoms with E-state index in [4.69, 9.17) is 4.74 Å². The third-order valence-electron chi connectivity index (χ3n) is 2.71. The van der Waals surface area contributed by atoms with Gasteiger partial charge in [-0.15, -0.1) is 0 Å². The monoisotopic (exact) mass is 226 g/mol. The Labute approximate surface area is 94.0 Å². The molecule has 1 aromatic rings. The zero-order valence-electron chi connectivity index (χ0n) is 8.83. The van der Waals surface area contributed by atoms with E-state index < -0.39 is 5.67 Å². The number of halogens is 1. The predicted octanol–water partition coefficient (Wildman–Crippen LogP) is 3.08. The first-order valence-corrected chi connectivity index (χ1v) is 6.27. The molecule has 1 saturated heterocycles. The number of rotatable bonds is 3. The van der Waals surface area contributed by atoms with E-state index in [9.17, 15) is 4.39 Å². The maximum atomic E-state index is 14.2. The molecule has 1 unspecified atom stereocenters. The second-order valence-electron chi connectivity index (χ2n) is 3.98. The van der Waals surface area contributed by atoms with Gasteiger partial charge in [-0.05, 0) is 29.9 Å². The normalized spacial score (nSPS) is 25.5. The molecule has 0 N–H and O–H groups in total. The van der Waals surface area contributed by atoms with Gasteiger partial charge in [0.15, 0.2) is 0 Å². The smallest absolute Gasteiger partial charge is 0.124 e. The van der Waals surface area contributed by atoms with Crippen LogP contribution in [-0.2, 0) is 6.42 Å². The molecular formula is C12H15FOS. The summed E-state index contributed by atoms with van der Waals surface area (Å²) in [6.07, 6.45) is 1.19. The van der Waals surface area contributed by atoms with Gasteiger partial charge < -0.3 is 4.74 Å². The minimum Gasteiger partial charge on any atom is -0.497 e. The highest BCUT2D eigenvalue weighted by molar-refractivity contribution is 7.99. The van der Waals surface area contributed by atoms with Crippen LogP contribution in [-0.4, -0.2) is 24.3 Å². The van der Waals surface area contributed by atoms with Gasteiger partial charge in [-0.25, -0.2) is 4.39 Å². The van der Waals surface area contributed by atoms with Gasteiger partial charge >= 0.3 is 0 Å². The molecule has 2 rings (SSSR count). The van der Waals surface area contributed by atoms with E-state index in [2.05, 4.69) is 0 Å². The molecule has 1 fully saturated rings. The summed E-state index contributed by atoms with van der Waals surface area (Å²) in [6.45, 7) is 0. The van der Waals surface area contributed by atoms with Crippen LogP contribution in [0.3, 0.4) is 0 Å². The Morgan fingerprint density at radius 2 is 2.40 bits per heavy atom. The number of alkyl halides is 1. The minimum absolute atomic E-state index is 0.511. The second kappa shape index (κ2) is 4.44. The average molecular weight is 226 g/mol. The van der Waals surface area contributed by atoms with Crippen molar-refractivity contribution in [1.82, 2.24) is 0 Å². The highest BCUT2D eigenvalue weighted by Gasteiger charge is 2.34. The first-order chi connectivity index (χ1) is 7.22. The van der Waals surface area contributed by atoms with Gasteiger partial charge in [-0.1, -0.05) is 12.1 Å². The molecule has 0 radical (unpaired) electrons. The predicted molar refractivity (Wildman–Crippen MR) is 62.5 cm³/mol. The molecule has 1 atom stereocenters. The highest BCUT2D eigenvalue weighted by atomic mass is 32.2. The van der Waals surface area contributed by atoms with Crippen LogP contribution < -0.4 is 4.74 Å². The summed E-state index contributed by atoms with van der Waals surface area (Å²) in [5, 5.41) is 0. The van der Waals surface area contributed by atoms with Gasteiger partial charge in [-0.3, -0.25) is 0 Å². The zero-order chi connectivity index (χ0) is 10.7. The molecule has 1 nitrogen and oxygen atoms in total. The minimum atomic E-state index is -1.00. The Morgan fingerprint density at radius 1 is 1.53 bits per heavy atom. The third kappa shape index (κ3) is 2.65. The van der Waals surface area contributed by atoms with E-state index in [0.29, 0.717) is 18.6 Å². The number of thioether (sulfide) groups is 1. The van der Waals surface area contributed by atoms with Crippen LogP contribution in [0, 0.1) is 0 Å². The van der Waals surface area contributed by atoms with Gasteiger partial charge in [-0.2, -0.15) is 11.8 Å². The topological polar surface area (TPSA) is 9.23 Å². The van der Waals surface area contributed by atoms with Crippen molar-refractivity contribution in [2.45, 2.75) is 18.5 Å². The molecule has 1 aliphatic rings. The maximum absolute atomic E-state index is 14.2. The van der Waals surface area contributed by atoms with Crippen LogP contribution >= 0.6 is 11.8 Å². The molecule has 0 spiro atoms. The SMILES string of the molecule is COc1cccc(CC2(F)CCSC2)c1. The number of ether oxygens (including phenoxy) is 1. The zero-order valence-corrected chi connectivity index (χ0v) is 9.65. The molecule has 15 heavy (non-hydrogen) atoms. The largest absolute Gasteiger partial charge is 0.497 e. The molecular weight excluding hydrogens is 211 g/mol. The van der Waals surface area contributed by atoms with Crippen molar-refractivity contribution in [3.05, 3.63) is 29.8 Å². The van der Waals surface area contributed by atoms with Crippen LogP contribution in [0.2, 0.25) is 0 Å². The van der Waals surface area contributed by atoms with E-state index in [1.54, 1.807) is 18.9 Å². The lowest BCUT2D eigenvalue weighted by Gasteiger charge is -2.18. The van der Waals surface area contributed by atoms with Crippen molar-refractivity contribution in [2.75, 3.05) is 18.6 Å². The van der Waals surface area contributed by atoms with Crippen molar-refractivity contribution in [3.63, 3.8) is 0 Å². The molecule has 3 heteroatoms. The summed E-state index contributed by atoms with van der Waals surface area (Å²) < 4.78 is 19.3. The lowest BCUT2D eigenvalue weighted by molar-refractivity contribution is 0.199. The fraction of sp³-hybridized carbons (Fsp3) is 0.500. The molecule has 1 aromatic carbocycles. The number of hydrogen-bond acceptors (Lipinski definition) is 2. The summed E-state index contributed by atoms with van der Waals surface area (Å²) in [7, 11) is 1.63. The van der Waals surface area contributed by atoms with Crippen LogP contribution in [0.5, 0.6) is 5.75 Å². The summed E-state index contributed by atoms with van der Waals surface area (Å²) in [5.41, 5.74) is 0.0242. The van der Waals surface area contributed by atoms with E-state index >= 15 is 0 Å². The Morgan fingerprint density at radius 3 is 3.07 bits per heavy atom. The van der Waals surface area contributed by atoms with Crippen LogP contribution in [0.4, 0.5) is 4.39 Å².